The Bertz CT molecular complexity index is 182. The minimum Gasteiger partial charge on any atom is -0.460 e. The van der Waals surface area contributed by atoms with E-state index in [2.05, 4.69) is 0 Å². The first-order chi connectivity index (χ1) is 5.31. The zero-order valence-electron chi connectivity index (χ0n) is 7.81. The minimum absolute atomic E-state index is 0.0147. The Balaban J connectivity index is 3.68. The van der Waals surface area contributed by atoms with Crippen LogP contribution >= 0.6 is 0 Å². The predicted molar refractivity (Wildman–Crippen MR) is 47.0 cm³/mol. The van der Waals surface area contributed by atoms with Crippen LogP contribution in [0.1, 0.15) is 33.6 Å². The summed E-state index contributed by atoms with van der Waals surface area (Å²) >= 11 is 0. The van der Waals surface area contributed by atoms with E-state index in [0.29, 0.717) is 0 Å². The molecule has 0 aliphatic heterocycles. The molecule has 3 N–H and O–H groups in total. The number of ether oxygens (including phenoxy) is 1. The molecule has 0 aliphatic carbocycles. The van der Waals surface area contributed by atoms with E-state index in [1.165, 1.54) is 0 Å². The number of carbonyl (C=O) groups is 1. The van der Waals surface area contributed by atoms with Crippen LogP contribution in [0.15, 0.2) is 0 Å². The van der Waals surface area contributed by atoms with Crippen molar-refractivity contribution in [2.75, 3.05) is 0 Å². The van der Waals surface area contributed by atoms with Crippen LogP contribution in [0.2, 0.25) is 0 Å². The van der Waals surface area contributed by atoms with E-state index in [-0.39, 0.29) is 24.6 Å². The van der Waals surface area contributed by atoms with Crippen molar-refractivity contribution in [1.29, 1.82) is 5.41 Å². The lowest BCUT2D eigenvalue weighted by Gasteiger charge is -2.19. The molecule has 0 unspecified atom stereocenters. The van der Waals surface area contributed by atoms with Gasteiger partial charge in [0.05, 0.1) is 12.3 Å². The van der Waals surface area contributed by atoms with Gasteiger partial charge in [-0.2, -0.15) is 0 Å². The van der Waals surface area contributed by atoms with Gasteiger partial charge in [-0.1, -0.05) is 0 Å². The Hall–Kier alpha value is -1.06. The largest absolute Gasteiger partial charge is 0.460 e. The molecule has 0 radical (unpaired) electrons. The van der Waals surface area contributed by atoms with Crippen molar-refractivity contribution in [3.8, 4) is 0 Å². The van der Waals surface area contributed by atoms with Gasteiger partial charge >= 0.3 is 5.97 Å². The highest BCUT2D eigenvalue weighted by Crippen LogP contribution is 2.08. The van der Waals surface area contributed by atoms with Gasteiger partial charge in [-0.05, 0) is 20.8 Å². The molecule has 4 heteroatoms. The van der Waals surface area contributed by atoms with Gasteiger partial charge < -0.3 is 10.5 Å². The topological polar surface area (TPSA) is 76.2 Å². The van der Waals surface area contributed by atoms with Crippen molar-refractivity contribution in [2.24, 2.45) is 5.73 Å². The van der Waals surface area contributed by atoms with Crippen molar-refractivity contribution < 1.29 is 9.53 Å². The maximum Gasteiger partial charge on any atom is 0.306 e. The Labute approximate surface area is 72.6 Å². The summed E-state index contributed by atoms with van der Waals surface area (Å²) in [4.78, 5) is 11.0. The molecular formula is C8H16N2O2. The first-order valence-corrected chi connectivity index (χ1v) is 3.86. The molecule has 0 rings (SSSR count). The molecule has 0 aromatic heterocycles. The number of hydrogen-bond donors (Lipinski definition) is 2. The number of hydrogen-bond acceptors (Lipinski definition) is 3. The molecule has 0 saturated carbocycles. The average Bonchev–Trinajstić information content (AvgIpc) is 1.79. The van der Waals surface area contributed by atoms with E-state index < -0.39 is 5.60 Å². The van der Waals surface area contributed by atoms with E-state index >= 15 is 0 Å². The molecule has 0 bridgehead atoms. The summed E-state index contributed by atoms with van der Waals surface area (Å²) in [5, 5.41) is 6.89. The second-order valence-electron chi connectivity index (χ2n) is 3.61. The van der Waals surface area contributed by atoms with Crippen LogP contribution in [0.5, 0.6) is 0 Å². The number of nitrogens with one attached hydrogen (secondary N) is 1. The van der Waals surface area contributed by atoms with Crippen LogP contribution in [-0.2, 0) is 9.53 Å². The zero-order valence-corrected chi connectivity index (χ0v) is 7.81. The van der Waals surface area contributed by atoms with Crippen LogP contribution < -0.4 is 5.73 Å². The lowest BCUT2D eigenvalue weighted by molar-refractivity contribution is -0.154. The van der Waals surface area contributed by atoms with Crippen molar-refractivity contribution >= 4 is 11.8 Å². The summed E-state index contributed by atoms with van der Waals surface area (Å²) in [6.07, 6.45) is 0.460. The molecule has 70 valence electrons. The fourth-order valence-electron chi connectivity index (χ4n) is 0.629. The molecule has 0 spiro atoms. The van der Waals surface area contributed by atoms with Gasteiger partial charge in [-0.25, -0.2) is 0 Å². The first kappa shape index (κ1) is 10.9. The SMILES string of the molecule is CC(C)(C)OC(=O)CCC(=N)N. The molecule has 0 aromatic carbocycles. The highest BCUT2D eigenvalue weighted by Gasteiger charge is 2.15. The van der Waals surface area contributed by atoms with Crippen LogP contribution in [-0.4, -0.2) is 17.4 Å². The average molecular weight is 172 g/mol. The monoisotopic (exact) mass is 172 g/mol. The molecule has 0 heterocycles. The highest BCUT2D eigenvalue weighted by atomic mass is 16.6. The number of rotatable bonds is 3. The van der Waals surface area contributed by atoms with Crippen molar-refractivity contribution in [3.63, 3.8) is 0 Å². The van der Waals surface area contributed by atoms with Gasteiger partial charge in [0, 0.05) is 6.42 Å². The third-order valence-corrected chi connectivity index (χ3v) is 1.02. The smallest absolute Gasteiger partial charge is 0.306 e. The van der Waals surface area contributed by atoms with Gasteiger partial charge in [-0.3, -0.25) is 10.2 Å². The van der Waals surface area contributed by atoms with Crippen LogP contribution in [0, 0.1) is 5.41 Å². The Morgan fingerprint density at radius 2 is 1.92 bits per heavy atom. The fraction of sp³-hybridized carbons (Fsp3) is 0.750. The van der Waals surface area contributed by atoms with E-state index in [9.17, 15) is 4.79 Å². The standard InChI is InChI=1S/C8H16N2O2/c1-8(2,3)12-7(11)5-4-6(9)10/h4-5H2,1-3H3,(H3,9,10). The maximum absolute atomic E-state index is 11.0. The number of amidine groups is 1. The summed E-state index contributed by atoms with van der Waals surface area (Å²) in [5.41, 5.74) is 4.63. The Kier molecular flexibility index (Phi) is 3.73. The van der Waals surface area contributed by atoms with Gasteiger partial charge in [0.2, 0.25) is 0 Å². The molecule has 0 aromatic rings. The molecule has 0 amide bonds. The summed E-state index contributed by atoms with van der Waals surface area (Å²) in [5.74, 6) is -0.293. The van der Waals surface area contributed by atoms with Gasteiger partial charge in [0.25, 0.3) is 0 Å². The molecule has 0 saturated heterocycles. The minimum atomic E-state index is -0.451. The van der Waals surface area contributed by atoms with Gasteiger partial charge in [0.1, 0.15) is 5.60 Å². The highest BCUT2D eigenvalue weighted by molar-refractivity contribution is 5.81. The lowest BCUT2D eigenvalue weighted by Crippen LogP contribution is -2.24. The van der Waals surface area contributed by atoms with E-state index in [4.69, 9.17) is 15.9 Å². The van der Waals surface area contributed by atoms with Crippen LogP contribution in [0.4, 0.5) is 0 Å². The number of esters is 1. The number of nitrogens with two attached hydrogens (primary N) is 1. The summed E-state index contributed by atoms with van der Waals surface area (Å²) in [6, 6.07) is 0. The molecular weight excluding hydrogens is 156 g/mol. The van der Waals surface area contributed by atoms with Crippen molar-refractivity contribution in [1.82, 2.24) is 0 Å². The molecule has 12 heavy (non-hydrogen) atoms. The zero-order chi connectivity index (χ0) is 9.78. The van der Waals surface area contributed by atoms with E-state index in [0.717, 1.165) is 0 Å². The quantitative estimate of drug-likeness (QED) is 0.379. The van der Waals surface area contributed by atoms with Crippen molar-refractivity contribution in [3.05, 3.63) is 0 Å². The van der Waals surface area contributed by atoms with Crippen LogP contribution in [0.25, 0.3) is 0 Å². The van der Waals surface area contributed by atoms with Gasteiger partial charge in [-0.15, -0.1) is 0 Å². The maximum atomic E-state index is 11.0. The number of carbonyl (C=O) groups excluding carboxylic acids is 1. The van der Waals surface area contributed by atoms with Gasteiger partial charge in [0.15, 0.2) is 0 Å². The molecule has 0 aliphatic rings. The van der Waals surface area contributed by atoms with Crippen LogP contribution in [0.3, 0.4) is 0 Å². The Morgan fingerprint density at radius 1 is 1.42 bits per heavy atom. The summed E-state index contributed by atoms with van der Waals surface area (Å²) in [6.45, 7) is 5.41. The third kappa shape index (κ3) is 7.05. The third-order valence-electron chi connectivity index (χ3n) is 1.02. The molecule has 0 fully saturated rings. The van der Waals surface area contributed by atoms with Crippen molar-refractivity contribution in [2.45, 2.75) is 39.2 Å². The molecule has 0 atom stereocenters. The fourth-order valence-corrected chi connectivity index (χ4v) is 0.629. The predicted octanol–water partition coefficient (Wildman–Crippen LogP) is 1.04. The first-order valence-electron chi connectivity index (χ1n) is 3.86. The molecule has 4 nitrogen and oxygen atoms in total. The summed E-state index contributed by atoms with van der Waals surface area (Å²) < 4.78 is 5.00. The van der Waals surface area contributed by atoms with E-state index in [1.54, 1.807) is 20.8 Å². The van der Waals surface area contributed by atoms with E-state index in [1.807, 2.05) is 0 Å². The Morgan fingerprint density at radius 3 is 2.25 bits per heavy atom. The normalized spacial score (nSPS) is 10.9. The second-order valence-corrected chi connectivity index (χ2v) is 3.61. The second kappa shape index (κ2) is 4.09. The lowest BCUT2D eigenvalue weighted by atomic mass is 10.2. The summed E-state index contributed by atoms with van der Waals surface area (Å²) in [7, 11) is 0.